The first-order valence-corrected chi connectivity index (χ1v) is 12.8. The van der Waals surface area contributed by atoms with E-state index in [-0.39, 0.29) is 11.8 Å². The summed E-state index contributed by atoms with van der Waals surface area (Å²) in [4.78, 5) is 35.5. The zero-order chi connectivity index (χ0) is 27.5. The second-order valence-electron chi connectivity index (χ2n) is 9.28. The molecule has 1 heterocycles. The van der Waals surface area contributed by atoms with E-state index < -0.39 is 12.1 Å². The van der Waals surface area contributed by atoms with Crippen LogP contribution in [-0.2, 0) is 11.3 Å². The lowest BCUT2D eigenvalue weighted by Gasteiger charge is -2.19. The molecule has 0 aliphatic carbocycles. The molecule has 0 fully saturated rings. The Bertz CT molecular complexity index is 1190. The number of carbonyl (C=O) groups is 2. The molecule has 0 aliphatic heterocycles. The molecule has 2 aromatic carbocycles. The van der Waals surface area contributed by atoms with Crippen LogP contribution < -0.4 is 15.4 Å². The quantitative estimate of drug-likeness (QED) is 0.280. The highest BCUT2D eigenvalue weighted by molar-refractivity contribution is 6.32. The van der Waals surface area contributed by atoms with E-state index in [4.69, 9.17) is 16.3 Å². The number of aliphatic hydroxyl groups excluding tert-OH is 1. The number of ether oxygens (including phenoxy) is 1. The summed E-state index contributed by atoms with van der Waals surface area (Å²) >= 11 is 6.28. The maximum absolute atomic E-state index is 13.0. The molecule has 3 N–H and O–H groups in total. The molecule has 0 saturated carbocycles. The lowest BCUT2D eigenvalue weighted by molar-refractivity contribution is -0.123. The van der Waals surface area contributed by atoms with Crippen LogP contribution in [-0.4, -0.2) is 58.5 Å². The van der Waals surface area contributed by atoms with Crippen LogP contribution in [0.15, 0.2) is 61.2 Å². The van der Waals surface area contributed by atoms with Crippen LogP contribution in [0.2, 0.25) is 5.02 Å². The van der Waals surface area contributed by atoms with E-state index in [1.807, 2.05) is 26.2 Å². The molecule has 2 amide bonds. The minimum Gasteiger partial charge on any atom is -0.456 e. The Balaban J connectivity index is 1.58. The van der Waals surface area contributed by atoms with Crippen LogP contribution in [0.25, 0.3) is 0 Å². The highest BCUT2D eigenvalue weighted by atomic mass is 35.5. The van der Waals surface area contributed by atoms with E-state index in [2.05, 4.69) is 25.5 Å². The van der Waals surface area contributed by atoms with Crippen molar-refractivity contribution in [2.75, 3.05) is 20.6 Å². The number of nitrogens with zero attached hydrogens (tertiary/aromatic N) is 3. The van der Waals surface area contributed by atoms with Crippen molar-refractivity contribution in [2.45, 2.75) is 44.9 Å². The van der Waals surface area contributed by atoms with Crippen molar-refractivity contribution in [2.24, 2.45) is 0 Å². The van der Waals surface area contributed by atoms with Gasteiger partial charge in [-0.3, -0.25) is 9.59 Å². The molecule has 0 radical (unpaired) electrons. The first-order valence-electron chi connectivity index (χ1n) is 12.5. The number of hydrogen-bond acceptors (Lipinski definition) is 7. The molecule has 9 nitrogen and oxygen atoms in total. The molecule has 0 saturated heterocycles. The van der Waals surface area contributed by atoms with Crippen molar-refractivity contribution in [3.63, 3.8) is 0 Å². The first-order chi connectivity index (χ1) is 18.2. The third kappa shape index (κ3) is 9.09. The Morgan fingerprint density at radius 1 is 1.08 bits per heavy atom. The Morgan fingerprint density at radius 2 is 1.79 bits per heavy atom. The molecule has 2 atom stereocenters. The fourth-order valence-electron chi connectivity index (χ4n) is 3.68. The standard InChI is InChI=1S/C28H34ClN5O4/c1-19(35)21-9-12-26(24(29)14-21)38-23-10-7-20(8-11-23)15-32-28(37)25(6-4-5-13-34(2)3)33-27(36)22-16-30-18-31-17-22/h7-12,14,16-19,25,35H,4-6,13,15H2,1-3H3,(H,32,37)(H,33,36)/t19?,25-/m0/s1. The smallest absolute Gasteiger partial charge is 0.255 e. The molecule has 38 heavy (non-hydrogen) atoms. The van der Waals surface area contributed by atoms with Crippen LogP contribution in [0.4, 0.5) is 0 Å². The maximum atomic E-state index is 13.0. The van der Waals surface area contributed by atoms with E-state index in [9.17, 15) is 14.7 Å². The van der Waals surface area contributed by atoms with Gasteiger partial charge in [-0.2, -0.15) is 0 Å². The van der Waals surface area contributed by atoms with Crippen molar-refractivity contribution >= 4 is 23.4 Å². The molecular formula is C28H34ClN5O4. The minimum atomic E-state index is -0.681. The Kier molecular flexibility index (Phi) is 11.0. The van der Waals surface area contributed by atoms with Gasteiger partial charge in [0.25, 0.3) is 5.91 Å². The summed E-state index contributed by atoms with van der Waals surface area (Å²) in [5, 5.41) is 15.8. The molecule has 3 rings (SSSR count). The number of aromatic nitrogens is 2. The number of nitrogens with one attached hydrogen (secondary N) is 2. The first kappa shape index (κ1) is 29.0. The highest BCUT2D eigenvalue weighted by Gasteiger charge is 2.21. The Labute approximate surface area is 228 Å². The van der Waals surface area contributed by atoms with E-state index in [1.165, 1.54) is 18.7 Å². The van der Waals surface area contributed by atoms with Crippen LogP contribution in [0.1, 0.15) is 53.8 Å². The van der Waals surface area contributed by atoms with Crippen molar-refractivity contribution in [3.05, 3.63) is 82.9 Å². The molecule has 1 aromatic heterocycles. The normalized spacial score (nSPS) is 12.6. The number of amides is 2. The second kappa shape index (κ2) is 14.4. The number of rotatable bonds is 13. The third-order valence-electron chi connectivity index (χ3n) is 5.85. The summed E-state index contributed by atoms with van der Waals surface area (Å²) in [5.74, 6) is 0.419. The predicted octanol–water partition coefficient (Wildman–Crippen LogP) is 4.12. The molecule has 0 bridgehead atoms. The van der Waals surface area contributed by atoms with E-state index in [0.29, 0.717) is 40.6 Å². The van der Waals surface area contributed by atoms with Gasteiger partial charge in [0.05, 0.1) is 16.7 Å². The fraction of sp³-hybridized carbons (Fsp3) is 0.357. The lowest BCUT2D eigenvalue weighted by Crippen LogP contribution is -2.46. The van der Waals surface area contributed by atoms with Gasteiger partial charge in [0.15, 0.2) is 0 Å². The predicted molar refractivity (Wildman–Crippen MR) is 146 cm³/mol. The van der Waals surface area contributed by atoms with Crippen LogP contribution in [0.5, 0.6) is 11.5 Å². The average molecular weight is 540 g/mol. The van der Waals surface area contributed by atoms with Gasteiger partial charge in [-0.15, -0.1) is 0 Å². The number of benzene rings is 2. The topological polar surface area (TPSA) is 117 Å². The molecule has 202 valence electrons. The van der Waals surface area contributed by atoms with E-state index >= 15 is 0 Å². The van der Waals surface area contributed by atoms with Crippen molar-refractivity contribution < 1.29 is 19.4 Å². The van der Waals surface area contributed by atoms with Gasteiger partial charge in [-0.1, -0.05) is 29.8 Å². The van der Waals surface area contributed by atoms with Crippen LogP contribution >= 0.6 is 11.6 Å². The summed E-state index contributed by atoms with van der Waals surface area (Å²) in [6, 6.07) is 11.7. The Hall–Kier alpha value is -3.53. The maximum Gasteiger partial charge on any atom is 0.255 e. The summed E-state index contributed by atoms with van der Waals surface area (Å²) in [7, 11) is 4.00. The van der Waals surface area contributed by atoms with Crippen molar-refractivity contribution in [1.82, 2.24) is 25.5 Å². The molecule has 10 heteroatoms. The largest absolute Gasteiger partial charge is 0.456 e. The van der Waals surface area contributed by atoms with Gasteiger partial charge in [-0.05, 0) is 82.2 Å². The summed E-state index contributed by atoms with van der Waals surface area (Å²) in [5.41, 5.74) is 1.88. The summed E-state index contributed by atoms with van der Waals surface area (Å²) in [6.45, 7) is 2.86. The van der Waals surface area contributed by atoms with Gasteiger partial charge in [-0.25, -0.2) is 9.97 Å². The number of carbonyl (C=O) groups excluding carboxylic acids is 2. The highest BCUT2D eigenvalue weighted by Crippen LogP contribution is 2.31. The van der Waals surface area contributed by atoms with E-state index in [0.717, 1.165) is 24.9 Å². The van der Waals surface area contributed by atoms with Crippen LogP contribution in [0, 0.1) is 0 Å². The van der Waals surface area contributed by atoms with Crippen LogP contribution in [0.3, 0.4) is 0 Å². The van der Waals surface area contributed by atoms with Crippen molar-refractivity contribution in [1.29, 1.82) is 0 Å². The zero-order valence-electron chi connectivity index (χ0n) is 21.9. The molecule has 3 aromatic rings. The minimum absolute atomic E-state index is 0.259. The Morgan fingerprint density at radius 3 is 2.42 bits per heavy atom. The van der Waals surface area contributed by atoms with Gasteiger partial charge in [0.1, 0.15) is 23.9 Å². The summed E-state index contributed by atoms with van der Waals surface area (Å²) in [6.07, 6.45) is 5.78. The fourth-order valence-corrected chi connectivity index (χ4v) is 3.91. The number of halogens is 1. The van der Waals surface area contributed by atoms with Gasteiger partial charge in [0.2, 0.25) is 5.91 Å². The third-order valence-corrected chi connectivity index (χ3v) is 6.14. The summed E-state index contributed by atoms with van der Waals surface area (Å²) < 4.78 is 5.86. The van der Waals surface area contributed by atoms with Gasteiger partial charge >= 0.3 is 0 Å². The molecular weight excluding hydrogens is 506 g/mol. The molecule has 1 unspecified atom stereocenters. The van der Waals surface area contributed by atoms with Gasteiger partial charge in [0, 0.05) is 18.9 Å². The molecule has 0 spiro atoms. The molecule has 0 aliphatic rings. The SMILES string of the molecule is CC(O)c1ccc(Oc2ccc(CNC(=O)[C@H](CCCCN(C)C)NC(=O)c3cncnc3)cc2)c(Cl)c1. The van der Waals surface area contributed by atoms with Gasteiger partial charge < -0.3 is 25.4 Å². The average Bonchev–Trinajstić information content (AvgIpc) is 2.91. The number of hydrogen-bond donors (Lipinski definition) is 3. The van der Waals surface area contributed by atoms with E-state index in [1.54, 1.807) is 37.3 Å². The lowest BCUT2D eigenvalue weighted by atomic mass is 10.1. The zero-order valence-corrected chi connectivity index (χ0v) is 22.6. The monoisotopic (exact) mass is 539 g/mol. The second-order valence-corrected chi connectivity index (χ2v) is 9.69. The number of unbranched alkanes of at least 4 members (excludes halogenated alkanes) is 1. The number of aliphatic hydroxyl groups is 1. The van der Waals surface area contributed by atoms with Crippen molar-refractivity contribution in [3.8, 4) is 11.5 Å².